The number of aliphatic hydroxyl groups excluding tert-OH is 1. The zero-order valence-electron chi connectivity index (χ0n) is 16.1. The quantitative estimate of drug-likeness (QED) is 0.739. The van der Waals surface area contributed by atoms with Crippen molar-refractivity contribution in [2.75, 3.05) is 26.8 Å². The van der Waals surface area contributed by atoms with Gasteiger partial charge in [-0.05, 0) is 19.4 Å². The average Bonchev–Trinajstić information content (AvgIpc) is 3.19. The van der Waals surface area contributed by atoms with Crippen molar-refractivity contribution in [3.63, 3.8) is 0 Å². The summed E-state index contributed by atoms with van der Waals surface area (Å²) in [4.78, 5) is 2.21. The molecule has 0 unspecified atom stereocenters. The first kappa shape index (κ1) is 20.0. The topological polar surface area (TPSA) is 68.0 Å². The normalized spacial score (nSPS) is 20.2. The number of rotatable bonds is 8. The van der Waals surface area contributed by atoms with E-state index in [0.29, 0.717) is 36.9 Å². The average molecular weight is 395 g/mol. The first-order valence-corrected chi connectivity index (χ1v) is 9.69. The molecule has 0 saturated carbocycles. The van der Waals surface area contributed by atoms with Crippen molar-refractivity contribution in [1.82, 2.24) is 10.1 Å². The van der Waals surface area contributed by atoms with Crippen LogP contribution in [0.5, 0.6) is 11.5 Å². The third kappa shape index (κ3) is 4.94. The molecule has 1 aromatic carbocycles. The highest BCUT2D eigenvalue weighted by molar-refractivity contribution is 6.30. The van der Waals surface area contributed by atoms with E-state index in [2.05, 4.69) is 17.0 Å². The molecule has 6 nitrogen and oxygen atoms in total. The van der Waals surface area contributed by atoms with Crippen molar-refractivity contribution in [2.45, 2.75) is 39.3 Å². The summed E-state index contributed by atoms with van der Waals surface area (Å²) in [5, 5.41) is 15.0. The summed E-state index contributed by atoms with van der Waals surface area (Å²) in [6.07, 6.45) is 1.18. The minimum absolute atomic E-state index is 0.110. The molecule has 1 saturated heterocycles. The first-order chi connectivity index (χ1) is 13.0. The van der Waals surface area contributed by atoms with Crippen LogP contribution < -0.4 is 9.47 Å². The molecule has 1 N–H and O–H groups in total. The summed E-state index contributed by atoms with van der Waals surface area (Å²) < 4.78 is 16.7. The van der Waals surface area contributed by atoms with Crippen molar-refractivity contribution >= 4 is 11.6 Å². The lowest BCUT2D eigenvalue weighted by atomic mass is 10.0. The SMILES string of the molecule is CCCOc1c(CN2C[C@@H](Cc3cc(C)no3)[C@H](O)C2)cc(Cl)cc1OC. The van der Waals surface area contributed by atoms with Gasteiger partial charge in [-0.2, -0.15) is 0 Å². The maximum absolute atomic E-state index is 10.5. The molecular weight excluding hydrogens is 368 g/mol. The summed E-state index contributed by atoms with van der Waals surface area (Å²) in [5.74, 6) is 2.29. The number of ether oxygens (including phenoxy) is 2. The first-order valence-electron chi connectivity index (χ1n) is 9.32. The molecule has 2 aromatic rings. The minimum Gasteiger partial charge on any atom is -0.493 e. The second kappa shape index (κ2) is 8.95. The molecule has 0 aliphatic carbocycles. The fourth-order valence-corrected chi connectivity index (χ4v) is 3.77. The van der Waals surface area contributed by atoms with E-state index in [9.17, 15) is 5.11 Å². The van der Waals surface area contributed by atoms with E-state index < -0.39 is 6.10 Å². The van der Waals surface area contributed by atoms with Crippen LogP contribution in [0.1, 0.15) is 30.4 Å². The van der Waals surface area contributed by atoms with Crippen LogP contribution in [0.3, 0.4) is 0 Å². The largest absolute Gasteiger partial charge is 0.493 e. The van der Waals surface area contributed by atoms with Crippen LogP contribution in [-0.2, 0) is 13.0 Å². The van der Waals surface area contributed by atoms with Gasteiger partial charge in [0.1, 0.15) is 5.76 Å². The van der Waals surface area contributed by atoms with E-state index >= 15 is 0 Å². The summed E-state index contributed by atoms with van der Waals surface area (Å²) >= 11 is 6.26. The van der Waals surface area contributed by atoms with Crippen molar-refractivity contribution in [3.8, 4) is 11.5 Å². The molecule has 2 atom stereocenters. The third-order valence-electron chi connectivity index (χ3n) is 4.78. The second-order valence-electron chi connectivity index (χ2n) is 7.10. The van der Waals surface area contributed by atoms with Gasteiger partial charge < -0.3 is 19.1 Å². The highest BCUT2D eigenvalue weighted by Crippen LogP contribution is 2.36. The number of likely N-dealkylation sites (tertiary alicyclic amines) is 1. The molecule has 0 amide bonds. The predicted molar refractivity (Wildman–Crippen MR) is 104 cm³/mol. The summed E-state index contributed by atoms with van der Waals surface area (Å²) in [5.41, 5.74) is 1.83. The maximum atomic E-state index is 10.5. The zero-order valence-corrected chi connectivity index (χ0v) is 16.8. The molecular formula is C20H27ClN2O4. The smallest absolute Gasteiger partial charge is 0.165 e. The molecule has 7 heteroatoms. The van der Waals surface area contributed by atoms with Crippen molar-refractivity contribution in [3.05, 3.63) is 40.2 Å². The van der Waals surface area contributed by atoms with Crippen LogP contribution in [0.2, 0.25) is 5.02 Å². The number of hydrogen-bond donors (Lipinski definition) is 1. The molecule has 1 fully saturated rings. The van der Waals surface area contributed by atoms with Gasteiger partial charge in [0.15, 0.2) is 11.5 Å². The summed E-state index contributed by atoms with van der Waals surface area (Å²) in [6, 6.07) is 5.60. The van der Waals surface area contributed by atoms with Crippen LogP contribution in [0, 0.1) is 12.8 Å². The Morgan fingerprint density at radius 1 is 1.33 bits per heavy atom. The van der Waals surface area contributed by atoms with Crippen molar-refractivity contribution in [1.29, 1.82) is 0 Å². The molecule has 1 aliphatic heterocycles. The lowest BCUT2D eigenvalue weighted by molar-refractivity contribution is 0.137. The zero-order chi connectivity index (χ0) is 19.4. The molecule has 148 valence electrons. The van der Waals surface area contributed by atoms with Gasteiger partial charge >= 0.3 is 0 Å². The Balaban J connectivity index is 1.72. The fourth-order valence-electron chi connectivity index (χ4n) is 3.54. The van der Waals surface area contributed by atoms with Gasteiger partial charge in [0.05, 0.1) is 25.5 Å². The molecule has 0 radical (unpaired) electrons. The van der Waals surface area contributed by atoms with Crippen LogP contribution in [0.25, 0.3) is 0 Å². The number of benzene rings is 1. The van der Waals surface area contributed by atoms with E-state index in [1.165, 1.54) is 0 Å². The molecule has 0 spiro atoms. The van der Waals surface area contributed by atoms with Gasteiger partial charge in [-0.1, -0.05) is 23.7 Å². The Morgan fingerprint density at radius 3 is 2.81 bits per heavy atom. The maximum Gasteiger partial charge on any atom is 0.165 e. The van der Waals surface area contributed by atoms with E-state index in [-0.39, 0.29) is 5.92 Å². The summed E-state index contributed by atoms with van der Waals surface area (Å²) in [7, 11) is 1.61. The Hall–Kier alpha value is -1.76. The monoisotopic (exact) mass is 394 g/mol. The number of hydrogen-bond acceptors (Lipinski definition) is 6. The fraction of sp³-hybridized carbons (Fsp3) is 0.550. The lowest BCUT2D eigenvalue weighted by Crippen LogP contribution is -2.22. The highest BCUT2D eigenvalue weighted by atomic mass is 35.5. The third-order valence-corrected chi connectivity index (χ3v) is 5.00. The number of aromatic nitrogens is 1. The number of methoxy groups -OCH3 is 1. The van der Waals surface area contributed by atoms with Gasteiger partial charge in [-0.25, -0.2) is 0 Å². The predicted octanol–water partition coefficient (Wildman–Crippen LogP) is 3.47. The number of halogens is 1. The number of nitrogens with zero attached hydrogens (tertiary/aromatic N) is 2. The highest BCUT2D eigenvalue weighted by Gasteiger charge is 2.33. The summed E-state index contributed by atoms with van der Waals surface area (Å²) in [6.45, 7) is 6.58. The van der Waals surface area contributed by atoms with Crippen LogP contribution >= 0.6 is 11.6 Å². The van der Waals surface area contributed by atoms with Crippen LogP contribution in [-0.4, -0.2) is 48.1 Å². The van der Waals surface area contributed by atoms with Gasteiger partial charge in [0.2, 0.25) is 0 Å². The standard InChI is InChI=1S/C20H27ClN2O4/c1-4-5-26-20-15(7-16(21)9-19(20)25-3)11-23-10-14(18(24)12-23)8-17-6-13(2)22-27-17/h6-7,9,14,18,24H,4-5,8,10-12H2,1-3H3/t14-,18-/m1/s1. The minimum atomic E-state index is -0.406. The van der Waals surface area contributed by atoms with E-state index in [4.69, 9.17) is 25.6 Å². The molecule has 0 bridgehead atoms. The number of aryl methyl sites for hydroxylation is 1. The molecule has 1 aliphatic rings. The van der Waals surface area contributed by atoms with Gasteiger partial charge in [0, 0.05) is 54.7 Å². The van der Waals surface area contributed by atoms with Crippen molar-refractivity contribution in [2.24, 2.45) is 5.92 Å². The van der Waals surface area contributed by atoms with Gasteiger partial charge in [0.25, 0.3) is 0 Å². The lowest BCUT2D eigenvalue weighted by Gasteiger charge is -2.20. The Morgan fingerprint density at radius 2 is 2.15 bits per heavy atom. The molecule has 1 aromatic heterocycles. The Labute approximate surface area is 165 Å². The van der Waals surface area contributed by atoms with E-state index in [1.807, 2.05) is 19.1 Å². The van der Waals surface area contributed by atoms with Gasteiger partial charge in [-0.3, -0.25) is 4.90 Å². The molecule has 27 heavy (non-hydrogen) atoms. The van der Waals surface area contributed by atoms with E-state index in [0.717, 1.165) is 35.7 Å². The Kier molecular flexibility index (Phi) is 6.63. The Bertz CT molecular complexity index is 764. The van der Waals surface area contributed by atoms with Gasteiger partial charge in [-0.15, -0.1) is 0 Å². The number of aliphatic hydroxyl groups is 1. The molecule has 2 heterocycles. The van der Waals surface area contributed by atoms with Crippen LogP contribution in [0.15, 0.2) is 22.7 Å². The number of β-amino-alcohol motifs (C(OH)–C–C–N with tert-alkyl or cyclic N) is 1. The van der Waals surface area contributed by atoms with Crippen molar-refractivity contribution < 1.29 is 19.1 Å². The van der Waals surface area contributed by atoms with Crippen LogP contribution in [0.4, 0.5) is 0 Å². The molecule has 3 rings (SSSR count). The second-order valence-corrected chi connectivity index (χ2v) is 7.54. The van der Waals surface area contributed by atoms with E-state index in [1.54, 1.807) is 13.2 Å².